The lowest BCUT2D eigenvalue weighted by molar-refractivity contribution is -0.121. The fourth-order valence-corrected chi connectivity index (χ4v) is 1.32. The highest BCUT2D eigenvalue weighted by Gasteiger charge is 2.07. The van der Waals surface area contributed by atoms with Crippen LogP contribution in [-0.4, -0.2) is 23.6 Å². The normalized spacial score (nSPS) is 10.5. The maximum Gasteiger partial charge on any atom is 0.271 e. The van der Waals surface area contributed by atoms with Gasteiger partial charge >= 0.3 is 0 Å². The average molecular weight is 289 g/mol. The van der Waals surface area contributed by atoms with Gasteiger partial charge in [0, 0.05) is 10.7 Å². The summed E-state index contributed by atoms with van der Waals surface area (Å²) in [7, 11) is 0. The van der Waals surface area contributed by atoms with Crippen molar-refractivity contribution in [1.82, 2.24) is 4.98 Å². The van der Waals surface area contributed by atoms with E-state index in [4.69, 9.17) is 4.74 Å². The molecule has 16 heavy (non-hydrogen) atoms. The smallest absolute Gasteiger partial charge is 0.271 e. The molecule has 0 aliphatic carbocycles. The third-order valence-electron chi connectivity index (χ3n) is 1.69. The highest BCUT2D eigenvalue weighted by molar-refractivity contribution is 9.10. The summed E-state index contributed by atoms with van der Waals surface area (Å²) in [5.74, 6) is -0.350. The Labute approximate surface area is 101 Å². The minimum absolute atomic E-state index is 0.0217. The van der Waals surface area contributed by atoms with Crippen molar-refractivity contribution in [2.24, 2.45) is 0 Å². The summed E-state index contributed by atoms with van der Waals surface area (Å²) >= 11 is 3.20. The number of aromatic amines is 1. The van der Waals surface area contributed by atoms with Crippen LogP contribution in [0, 0.1) is 0 Å². The molecule has 0 bridgehead atoms. The fraction of sp³-hybridized carbons (Fsp3) is 0.400. The first-order valence-electron chi connectivity index (χ1n) is 4.78. The molecule has 0 saturated heterocycles. The Morgan fingerprint density at radius 2 is 2.31 bits per heavy atom. The van der Waals surface area contributed by atoms with Crippen molar-refractivity contribution in [3.05, 3.63) is 27.1 Å². The molecule has 2 N–H and O–H groups in total. The van der Waals surface area contributed by atoms with Gasteiger partial charge in [-0.05, 0) is 35.8 Å². The summed E-state index contributed by atoms with van der Waals surface area (Å²) in [5, 5.41) is 2.47. The van der Waals surface area contributed by atoms with Crippen molar-refractivity contribution >= 4 is 27.5 Å². The van der Waals surface area contributed by atoms with Gasteiger partial charge in [0.25, 0.3) is 11.5 Å². The van der Waals surface area contributed by atoms with E-state index in [0.29, 0.717) is 4.47 Å². The summed E-state index contributed by atoms with van der Waals surface area (Å²) in [6.07, 6.45) is 1.48. The van der Waals surface area contributed by atoms with Crippen molar-refractivity contribution in [2.75, 3.05) is 11.9 Å². The molecule has 88 valence electrons. The van der Waals surface area contributed by atoms with Crippen molar-refractivity contribution in [3.8, 4) is 0 Å². The Morgan fingerprint density at radius 3 is 2.94 bits per heavy atom. The number of ether oxygens (including phenoxy) is 1. The number of carbonyl (C=O) groups excluding carboxylic acids is 1. The van der Waals surface area contributed by atoms with Crippen LogP contribution in [-0.2, 0) is 9.53 Å². The van der Waals surface area contributed by atoms with Crippen molar-refractivity contribution in [2.45, 2.75) is 20.0 Å². The summed E-state index contributed by atoms with van der Waals surface area (Å²) < 4.78 is 5.80. The Bertz CT molecular complexity index is 428. The zero-order valence-electron chi connectivity index (χ0n) is 9.04. The van der Waals surface area contributed by atoms with Gasteiger partial charge in [0.15, 0.2) is 0 Å². The van der Waals surface area contributed by atoms with Gasteiger partial charge in [0.05, 0.1) is 6.10 Å². The molecule has 5 nitrogen and oxygen atoms in total. The van der Waals surface area contributed by atoms with Crippen LogP contribution >= 0.6 is 15.9 Å². The first-order chi connectivity index (χ1) is 7.49. The second-order valence-corrected chi connectivity index (χ2v) is 4.38. The Morgan fingerprint density at radius 1 is 1.62 bits per heavy atom. The number of carbonyl (C=O) groups is 1. The molecule has 0 aliphatic heterocycles. The molecule has 0 spiro atoms. The zero-order valence-corrected chi connectivity index (χ0v) is 10.6. The predicted molar refractivity (Wildman–Crippen MR) is 64.5 cm³/mol. The molecule has 0 unspecified atom stereocenters. The van der Waals surface area contributed by atoms with Crippen LogP contribution in [0.4, 0.5) is 5.69 Å². The van der Waals surface area contributed by atoms with E-state index in [1.165, 1.54) is 12.3 Å². The lowest BCUT2D eigenvalue weighted by atomic mass is 10.4. The molecule has 0 saturated carbocycles. The molecule has 1 amide bonds. The van der Waals surface area contributed by atoms with E-state index >= 15 is 0 Å². The van der Waals surface area contributed by atoms with Gasteiger partial charge in [-0.25, -0.2) is 0 Å². The van der Waals surface area contributed by atoms with Gasteiger partial charge in [0.2, 0.25) is 0 Å². The van der Waals surface area contributed by atoms with Gasteiger partial charge in [0.1, 0.15) is 12.3 Å². The number of hydrogen-bond acceptors (Lipinski definition) is 3. The maximum absolute atomic E-state index is 11.4. The first kappa shape index (κ1) is 12.9. The van der Waals surface area contributed by atoms with Crippen molar-refractivity contribution in [1.29, 1.82) is 0 Å². The largest absolute Gasteiger partial charge is 0.369 e. The number of rotatable bonds is 4. The summed E-state index contributed by atoms with van der Waals surface area (Å²) in [5.41, 5.74) is -0.146. The van der Waals surface area contributed by atoms with Crippen LogP contribution in [0.15, 0.2) is 21.5 Å². The SMILES string of the molecule is CC(C)OCC(=O)Nc1cc(Br)c[nH]c1=O. The molecule has 0 fully saturated rings. The summed E-state index contributed by atoms with van der Waals surface area (Å²) in [6.45, 7) is 3.60. The standard InChI is InChI=1S/C10H13BrN2O3/c1-6(2)16-5-9(14)13-8-3-7(11)4-12-10(8)15/h3-4,6H,5H2,1-2H3,(H,12,15)(H,13,14). The lowest BCUT2D eigenvalue weighted by Crippen LogP contribution is -2.24. The molecule has 0 atom stereocenters. The van der Waals surface area contributed by atoms with Gasteiger partial charge in [-0.2, -0.15) is 0 Å². The third kappa shape index (κ3) is 4.16. The molecule has 1 heterocycles. The second kappa shape index (κ2) is 5.81. The molecule has 0 aromatic carbocycles. The van der Waals surface area contributed by atoms with Gasteiger partial charge in [-0.3, -0.25) is 9.59 Å². The molecule has 0 aliphatic rings. The number of nitrogens with one attached hydrogen (secondary N) is 2. The zero-order chi connectivity index (χ0) is 12.1. The van der Waals surface area contributed by atoms with Gasteiger partial charge < -0.3 is 15.0 Å². The van der Waals surface area contributed by atoms with Crippen LogP contribution < -0.4 is 10.9 Å². The fourth-order valence-electron chi connectivity index (χ4n) is 0.979. The van der Waals surface area contributed by atoms with E-state index in [0.717, 1.165) is 0 Å². The number of halogens is 1. The first-order valence-corrected chi connectivity index (χ1v) is 5.58. The van der Waals surface area contributed by atoms with E-state index in [2.05, 4.69) is 26.2 Å². The van der Waals surface area contributed by atoms with Crippen molar-refractivity contribution < 1.29 is 9.53 Å². The molecular weight excluding hydrogens is 276 g/mol. The Kier molecular flexibility index (Phi) is 4.70. The maximum atomic E-state index is 11.4. The summed E-state index contributed by atoms with van der Waals surface area (Å²) in [4.78, 5) is 25.2. The van der Waals surface area contributed by atoms with Crippen molar-refractivity contribution in [3.63, 3.8) is 0 Å². The highest BCUT2D eigenvalue weighted by Crippen LogP contribution is 2.09. The number of pyridine rings is 1. The molecular formula is C10H13BrN2O3. The molecule has 6 heteroatoms. The van der Waals surface area contributed by atoms with Crippen LogP contribution in [0.5, 0.6) is 0 Å². The molecule has 1 aromatic heterocycles. The number of hydrogen-bond donors (Lipinski definition) is 2. The highest BCUT2D eigenvalue weighted by atomic mass is 79.9. The number of aromatic nitrogens is 1. The third-order valence-corrected chi connectivity index (χ3v) is 2.15. The van der Waals surface area contributed by atoms with E-state index in [1.807, 2.05) is 13.8 Å². The van der Waals surface area contributed by atoms with Crippen LogP contribution in [0.2, 0.25) is 0 Å². The quantitative estimate of drug-likeness (QED) is 0.882. The second-order valence-electron chi connectivity index (χ2n) is 3.47. The van der Waals surface area contributed by atoms with Crippen LogP contribution in [0.1, 0.15) is 13.8 Å². The minimum atomic E-state index is -0.350. The van der Waals surface area contributed by atoms with Crippen LogP contribution in [0.3, 0.4) is 0 Å². The number of anilines is 1. The average Bonchev–Trinajstić information content (AvgIpc) is 2.20. The van der Waals surface area contributed by atoms with E-state index in [9.17, 15) is 9.59 Å². The Hall–Kier alpha value is -1.14. The topological polar surface area (TPSA) is 71.2 Å². The number of amides is 1. The molecule has 1 rings (SSSR count). The van der Waals surface area contributed by atoms with Gasteiger partial charge in [-0.1, -0.05) is 0 Å². The molecule has 1 aromatic rings. The lowest BCUT2D eigenvalue weighted by Gasteiger charge is -2.07. The summed E-state index contributed by atoms with van der Waals surface area (Å²) in [6, 6.07) is 1.53. The monoisotopic (exact) mass is 288 g/mol. The van der Waals surface area contributed by atoms with Gasteiger partial charge in [-0.15, -0.1) is 0 Å². The van der Waals surface area contributed by atoms with E-state index in [1.54, 1.807) is 0 Å². The number of H-pyrrole nitrogens is 1. The Balaban J connectivity index is 2.62. The molecule has 0 radical (unpaired) electrons. The van der Waals surface area contributed by atoms with Crippen LogP contribution in [0.25, 0.3) is 0 Å². The van der Waals surface area contributed by atoms with E-state index in [-0.39, 0.29) is 29.9 Å². The minimum Gasteiger partial charge on any atom is -0.369 e. The van der Waals surface area contributed by atoms with E-state index < -0.39 is 0 Å². The predicted octanol–water partition coefficient (Wildman–Crippen LogP) is 1.50.